The van der Waals surface area contributed by atoms with E-state index in [1.807, 2.05) is 13.8 Å². The van der Waals surface area contributed by atoms with Crippen molar-refractivity contribution in [2.45, 2.75) is 44.4 Å². The third kappa shape index (κ3) is 1.76. The maximum absolute atomic E-state index is 12.6. The van der Waals surface area contributed by atoms with Crippen LogP contribution in [0.1, 0.15) is 26.7 Å². The molecule has 4 unspecified atom stereocenters. The maximum Gasteiger partial charge on any atom is 0.241 e. The molecule has 0 aromatic heterocycles. The van der Waals surface area contributed by atoms with Crippen LogP contribution in [0.15, 0.2) is 0 Å². The first kappa shape index (κ1) is 14.3. The smallest absolute Gasteiger partial charge is 0.241 e. The average molecular weight is 302 g/mol. The van der Waals surface area contributed by atoms with Gasteiger partial charge in [0.15, 0.2) is 9.84 Å². The molecule has 2 heterocycles. The van der Waals surface area contributed by atoms with Crippen LogP contribution in [0.5, 0.6) is 0 Å². The minimum Gasteiger partial charge on any atom is -0.377 e. The third-order valence-electron chi connectivity index (χ3n) is 5.40. The minimum atomic E-state index is -3.00. The summed E-state index contributed by atoms with van der Waals surface area (Å²) in [5, 5.41) is 2.85. The van der Waals surface area contributed by atoms with E-state index in [1.54, 1.807) is 0 Å². The number of hydrogen-bond acceptors (Lipinski definition) is 5. The van der Waals surface area contributed by atoms with Crippen LogP contribution >= 0.6 is 0 Å². The molecule has 2 aliphatic heterocycles. The van der Waals surface area contributed by atoms with Gasteiger partial charge in [-0.1, -0.05) is 13.8 Å². The Bertz CT molecular complexity index is 545. The van der Waals surface area contributed by atoms with E-state index in [1.165, 1.54) is 0 Å². The Balaban J connectivity index is 1.74. The van der Waals surface area contributed by atoms with Crippen molar-refractivity contribution >= 4 is 15.7 Å². The number of amides is 1. The van der Waals surface area contributed by atoms with E-state index < -0.39 is 20.8 Å². The Morgan fingerprint density at radius 3 is 2.65 bits per heavy atom. The molecule has 3 N–H and O–H groups in total. The van der Waals surface area contributed by atoms with Crippen LogP contribution in [0.3, 0.4) is 0 Å². The number of hydrogen-bond donors (Lipinski definition) is 2. The second-order valence-electron chi connectivity index (χ2n) is 6.85. The van der Waals surface area contributed by atoms with Crippen molar-refractivity contribution < 1.29 is 17.9 Å². The molecule has 3 fully saturated rings. The number of nitrogens with one attached hydrogen (secondary N) is 1. The molecule has 0 bridgehead atoms. The van der Waals surface area contributed by atoms with E-state index in [9.17, 15) is 13.2 Å². The number of fused-ring (bicyclic) bond motifs is 1. The Morgan fingerprint density at radius 2 is 2.05 bits per heavy atom. The summed E-state index contributed by atoms with van der Waals surface area (Å²) in [5.41, 5.74) is 5.03. The van der Waals surface area contributed by atoms with Crippen LogP contribution in [-0.4, -0.2) is 50.1 Å². The molecular formula is C13H22N2O4S. The topological polar surface area (TPSA) is 98.5 Å². The van der Waals surface area contributed by atoms with E-state index >= 15 is 0 Å². The summed E-state index contributed by atoms with van der Waals surface area (Å²) in [6, 6.07) is -0.301. The van der Waals surface area contributed by atoms with Crippen molar-refractivity contribution in [1.82, 2.24) is 5.32 Å². The molecule has 4 atom stereocenters. The van der Waals surface area contributed by atoms with Gasteiger partial charge in [0.05, 0.1) is 17.6 Å². The molecule has 1 aliphatic carbocycles. The standard InChI is InChI=1S/C13H22N2O4S/c1-12(2)10-9(3-5-19-10)13(12,14)11(16)15-8-4-6-20(17,18)7-8/h8-10H,3-7,14H2,1-2H3,(H,15,16). The Kier molecular flexibility index (Phi) is 2.98. The highest BCUT2D eigenvalue weighted by molar-refractivity contribution is 7.91. The van der Waals surface area contributed by atoms with E-state index in [4.69, 9.17) is 10.5 Å². The number of carbonyl (C=O) groups excluding carboxylic acids is 1. The highest BCUT2D eigenvalue weighted by Crippen LogP contribution is 2.58. The Hall–Kier alpha value is -0.660. The fraction of sp³-hybridized carbons (Fsp3) is 0.923. The van der Waals surface area contributed by atoms with Crippen molar-refractivity contribution in [3.63, 3.8) is 0 Å². The van der Waals surface area contributed by atoms with E-state index in [2.05, 4.69) is 5.32 Å². The van der Waals surface area contributed by atoms with Crippen molar-refractivity contribution in [2.24, 2.45) is 17.1 Å². The van der Waals surface area contributed by atoms with Crippen LogP contribution in [0.4, 0.5) is 0 Å². The number of carbonyl (C=O) groups is 1. The summed E-state index contributed by atoms with van der Waals surface area (Å²) in [5.74, 6) is -0.0136. The minimum absolute atomic E-state index is 0.0276. The number of sulfone groups is 1. The van der Waals surface area contributed by atoms with Crippen molar-refractivity contribution in [3.8, 4) is 0 Å². The van der Waals surface area contributed by atoms with Crippen molar-refractivity contribution in [2.75, 3.05) is 18.1 Å². The molecule has 0 aromatic carbocycles. The fourth-order valence-corrected chi connectivity index (χ4v) is 5.73. The van der Waals surface area contributed by atoms with E-state index in [-0.39, 0.29) is 35.5 Å². The molecule has 3 aliphatic rings. The van der Waals surface area contributed by atoms with Crippen LogP contribution < -0.4 is 11.1 Å². The van der Waals surface area contributed by atoms with Crippen molar-refractivity contribution in [3.05, 3.63) is 0 Å². The molecule has 2 saturated heterocycles. The van der Waals surface area contributed by atoms with Crippen molar-refractivity contribution in [1.29, 1.82) is 0 Å². The summed E-state index contributed by atoms with van der Waals surface area (Å²) in [6.45, 7) is 4.54. The second kappa shape index (κ2) is 4.18. The van der Waals surface area contributed by atoms with Crippen LogP contribution in [0, 0.1) is 11.3 Å². The van der Waals surface area contributed by atoms with E-state index in [0.29, 0.717) is 13.0 Å². The molecule has 1 saturated carbocycles. The van der Waals surface area contributed by atoms with Gasteiger partial charge in [-0.25, -0.2) is 8.42 Å². The quantitative estimate of drug-likeness (QED) is 0.712. The lowest BCUT2D eigenvalue weighted by Crippen LogP contribution is -2.80. The highest BCUT2D eigenvalue weighted by atomic mass is 32.2. The molecule has 0 radical (unpaired) electrons. The Labute approximate surface area is 119 Å². The van der Waals surface area contributed by atoms with Gasteiger partial charge >= 0.3 is 0 Å². The molecule has 114 valence electrons. The predicted octanol–water partition coefficient (Wildman–Crippen LogP) is -0.568. The maximum atomic E-state index is 12.6. The molecule has 7 heteroatoms. The lowest BCUT2D eigenvalue weighted by Gasteiger charge is -2.60. The lowest BCUT2D eigenvalue weighted by atomic mass is 9.48. The van der Waals surface area contributed by atoms with Crippen LogP contribution in [0.2, 0.25) is 0 Å². The fourth-order valence-electron chi connectivity index (χ4n) is 4.06. The SMILES string of the molecule is CC1(C)C2OCCC2C1(N)C(=O)NC1CCS(=O)(=O)C1. The van der Waals surface area contributed by atoms with Gasteiger partial charge in [-0.2, -0.15) is 0 Å². The summed E-state index contributed by atoms with van der Waals surface area (Å²) in [7, 11) is -3.00. The molecule has 6 nitrogen and oxygen atoms in total. The first-order valence-electron chi connectivity index (χ1n) is 7.10. The molecule has 3 rings (SSSR count). The first-order chi connectivity index (χ1) is 9.18. The van der Waals surface area contributed by atoms with Gasteiger partial charge in [0.1, 0.15) is 5.54 Å². The summed E-state index contributed by atoms with van der Waals surface area (Å²) < 4.78 is 28.6. The molecular weight excluding hydrogens is 280 g/mol. The zero-order valence-electron chi connectivity index (χ0n) is 11.9. The zero-order valence-corrected chi connectivity index (χ0v) is 12.7. The molecule has 0 spiro atoms. The summed E-state index contributed by atoms with van der Waals surface area (Å²) in [6.07, 6.45) is 1.31. The first-order valence-corrected chi connectivity index (χ1v) is 8.92. The number of rotatable bonds is 2. The van der Waals surface area contributed by atoms with Gasteiger partial charge < -0.3 is 15.8 Å². The third-order valence-corrected chi connectivity index (χ3v) is 7.17. The number of nitrogens with two attached hydrogens (primary N) is 1. The predicted molar refractivity (Wildman–Crippen MR) is 73.7 cm³/mol. The Morgan fingerprint density at radius 1 is 1.35 bits per heavy atom. The second-order valence-corrected chi connectivity index (χ2v) is 9.08. The largest absolute Gasteiger partial charge is 0.377 e. The summed E-state index contributed by atoms with van der Waals surface area (Å²) in [4.78, 5) is 12.6. The average Bonchev–Trinajstić information content (AvgIpc) is 2.93. The van der Waals surface area contributed by atoms with Gasteiger partial charge in [0.25, 0.3) is 0 Å². The number of ether oxygens (including phenoxy) is 1. The molecule has 0 aromatic rings. The van der Waals surface area contributed by atoms with Gasteiger partial charge in [-0.15, -0.1) is 0 Å². The summed E-state index contributed by atoms with van der Waals surface area (Å²) >= 11 is 0. The van der Waals surface area contributed by atoms with Gasteiger partial charge in [0.2, 0.25) is 5.91 Å². The van der Waals surface area contributed by atoms with Gasteiger partial charge in [-0.05, 0) is 12.8 Å². The highest BCUT2D eigenvalue weighted by Gasteiger charge is 2.71. The normalized spacial score (nSPS) is 44.6. The van der Waals surface area contributed by atoms with E-state index in [0.717, 1.165) is 6.42 Å². The van der Waals surface area contributed by atoms with Gasteiger partial charge in [0, 0.05) is 24.0 Å². The zero-order chi connectivity index (χ0) is 14.8. The van der Waals surface area contributed by atoms with Gasteiger partial charge in [-0.3, -0.25) is 4.79 Å². The lowest BCUT2D eigenvalue weighted by molar-refractivity contribution is -0.175. The monoisotopic (exact) mass is 302 g/mol. The molecule has 20 heavy (non-hydrogen) atoms. The van der Waals surface area contributed by atoms with Crippen LogP contribution in [-0.2, 0) is 19.4 Å². The van der Waals surface area contributed by atoms with Crippen LogP contribution in [0.25, 0.3) is 0 Å². The molecule has 1 amide bonds.